The van der Waals surface area contributed by atoms with E-state index in [-0.39, 0.29) is 12.1 Å². The number of halogens is 1. The second-order valence-electron chi connectivity index (χ2n) is 2.23. The molecule has 66 valence electrons. The van der Waals surface area contributed by atoms with Gasteiger partial charge in [0.05, 0.1) is 23.1 Å². The Morgan fingerprint density at radius 2 is 2.38 bits per heavy atom. The molecule has 0 aliphatic rings. The van der Waals surface area contributed by atoms with E-state index < -0.39 is 4.92 Å². The number of nitro groups is 1. The Balaban J connectivity index is 3.12. The first-order valence-corrected chi connectivity index (χ1v) is 4.10. The quantitative estimate of drug-likeness (QED) is 0.450. The molecule has 1 rings (SSSR count). The Kier molecular flexibility index (Phi) is 2.93. The van der Waals surface area contributed by atoms with E-state index in [0.717, 1.165) is 0 Å². The van der Waals surface area contributed by atoms with Gasteiger partial charge in [-0.05, 0) is 15.9 Å². The summed E-state index contributed by atoms with van der Waals surface area (Å²) in [6.07, 6.45) is 0.0697. The summed E-state index contributed by atoms with van der Waals surface area (Å²) >= 11 is 3.03. The minimum Gasteiger partial charge on any atom is -0.258 e. The van der Waals surface area contributed by atoms with Gasteiger partial charge in [-0.15, -0.1) is 0 Å². The number of pyridine rings is 1. The summed E-state index contributed by atoms with van der Waals surface area (Å²) in [5, 5.41) is 18.7. The van der Waals surface area contributed by atoms with Crippen molar-refractivity contribution in [3.05, 3.63) is 32.5 Å². The van der Waals surface area contributed by atoms with E-state index in [2.05, 4.69) is 20.9 Å². The molecule has 13 heavy (non-hydrogen) atoms. The lowest BCUT2D eigenvalue weighted by atomic mass is 10.3. The molecule has 0 aliphatic carbocycles. The van der Waals surface area contributed by atoms with Crippen LogP contribution < -0.4 is 0 Å². The molecular weight excluding hydrogens is 238 g/mol. The maximum absolute atomic E-state index is 10.4. The highest BCUT2D eigenvalue weighted by molar-refractivity contribution is 9.10. The molecular formula is C7H4BrN3O2. The molecule has 6 heteroatoms. The summed E-state index contributed by atoms with van der Waals surface area (Å²) < 4.78 is 0.368. The molecule has 0 unspecified atom stereocenters. The van der Waals surface area contributed by atoms with Crippen LogP contribution in [-0.2, 0) is 6.42 Å². The highest BCUT2D eigenvalue weighted by atomic mass is 79.9. The smallest absolute Gasteiger partial charge is 0.258 e. The second-order valence-corrected chi connectivity index (χ2v) is 3.04. The van der Waals surface area contributed by atoms with Crippen molar-refractivity contribution >= 4 is 21.6 Å². The zero-order valence-corrected chi connectivity index (χ0v) is 7.98. The summed E-state index contributed by atoms with van der Waals surface area (Å²) in [5.41, 5.74) is 0.329. The van der Waals surface area contributed by atoms with Crippen molar-refractivity contribution in [2.45, 2.75) is 6.42 Å². The zero-order valence-electron chi connectivity index (χ0n) is 6.40. The molecule has 0 fully saturated rings. The normalized spacial score (nSPS) is 9.23. The summed E-state index contributed by atoms with van der Waals surface area (Å²) in [6.45, 7) is 0. The highest BCUT2D eigenvalue weighted by Gasteiger charge is 2.09. The maximum atomic E-state index is 10.4. The van der Waals surface area contributed by atoms with Gasteiger partial charge >= 0.3 is 0 Å². The van der Waals surface area contributed by atoms with E-state index in [9.17, 15) is 10.1 Å². The Labute approximate surface area is 82.3 Å². The van der Waals surface area contributed by atoms with Gasteiger partial charge in [0.1, 0.15) is 4.60 Å². The topological polar surface area (TPSA) is 79.8 Å². The van der Waals surface area contributed by atoms with Gasteiger partial charge in [-0.3, -0.25) is 10.1 Å². The molecule has 0 aliphatic heterocycles. The van der Waals surface area contributed by atoms with Crippen molar-refractivity contribution in [1.82, 2.24) is 4.98 Å². The number of hydrogen-bond donors (Lipinski definition) is 0. The van der Waals surface area contributed by atoms with E-state index in [4.69, 9.17) is 5.26 Å². The Morgan fingerprint density at radius 1 is 1.69 bits per heavy atom. The van der Waals surface area contributed by atoms with Crippen molar-refractivity contribution in [1.29, 1.82) is 5.26 Å². The Hall–Kier alpha value is -1.48. The largest absolute Gasteiger partial charge is 0.273 e. The third-order valence-electron chi connectivity index (χ3n) is 1.30. The van der Waals surface area contributed by atoms with Crippen molar-refractivity contribution in [2.24, 2.45) is 0 Å². The molecule has 0 spiro atoms. The fourth-order valence-electron chi connectivity index (χ4n) is 0.813. The summed E-state index contributed by atoms with van der Waals surface area (Å²) in [6, 6.07) is 4.45. The highest BCUT2D eigenvalue weighted by Crippen LogP contribution is 2.17. The van der Waals surface area contributed by atoms with Gasteiger partial charge in [0.2, 0.25) is 0 Å². The monoisotopic (exact) mass is 241 g/mol. The Bertz CT molecular complexity index is 386. The van der Waals surface area contributed by atoms with Crippen LogP contribution in [0.5, 0.6) is 0 Å². The van der Waals surface area contributed by atoms with Crippen molar-refractivity contribution < 1.29 is 4.92 Å². The molecule has 0 atom stereocenters. The molecule has 0 amide bonds. The van der Waals surface area contributed by atoms with Gasteiger partial charge < -0.3 is 0 Å². The molecule has 1 aromatic rings. The minimum atomic E-state index is -0.521. The number of nitriles is 1. The van der Waals surface area contributed by atoms with Crippen LogP contribution in [0.25, 0.3) is 0 Å². The first-order valence-electron chi connectivity index (χ1n) is 3.31. The summed E-state index contributed by atoms with van der Waals surface area (Å²) in [5.74, 6) is 0. The van der Waals surface area contributed by atoms with Crippen LogP contribution in [-0.4, -0.2) is 9.91 Å². The van der Waals surface area contributed by atoms with Crippen LogP contribution in [0.1, 0.15) is 5.69 Å². The maximum Gasteiger partial charge on any atom is 0.273 e. The summed E-state index contributed by atoms with van der Waals surface area (Å²) in [7, 11) is 0. The lowest BCUT2D eigenvalue weighted by molar-refractivity contribution is -0.385. The van der Waals surface area contributed by atoms with Gasteiger partial charge in [-0.25, -0.2) is 4.98 Å². The molecule has 0 saturated heterocycles. The van der Waals surface area contributed by atoms with Gasteiger partial charge in [-0.2, -0.15) is 5.26 Å². The molecule has 0 N–H and O–H groups in total. The lowest BCUT2D eigenvalue weighted by Gasteiger charge is -1.95. The lowest BCUT2D eigenvalue weighted by Crippen LogP contribution is -1.94. The van der Waals surface area contributed by atoms with E-state index in [1.807, 2.05) is 6.07 Å². The fourth-order valence-corrected chi connectivity index (χ4v) is 1.28. The second kappa shape index (κ2) is 3.96. The molecule has 5 nitrogen and oxygen atoms in total. The Morgan fingerprint density at radius 3 is 2.92 bits per heavy atom. The molecule has 1 aromatic heterocycles. The standard InChI is InChI=1S/C7H4BrN3O2/c8-7-4-6(11(12)13)3-5(10-7)1-2-9/h3-4H,1H2. The minimum absolute atomic E-state index is 0.0628. The first kappa shape index (κ1) is 9.61. The van der Waals surface area contributed by atoms with Crippen molar-refractivity contribution in [2.75, 3.05) is 0 Å². The fraction of sp³-hybridized carbons (Fsp3) is 0.143. The van der Waals surface area contributed by atoms with E-state index in [0.29, 0.717) is 10.3 Å². The van der Waals surface area contributed by atoms with Crippen LogP contribution in [0.3, 0.4) is 0 Å². The van der Waals surface area contributed by atoms with Gasteiger partial charge in [0, 0.05) is 12.1 Å². The molecule has 0 saturated carbocycles. The SMILES string of the molecule is N#CCc1cc([N+](=O)[O-])cc(Br)n1. The van der Waals surface area contributed by atoms with E-state index in [1.165, 1.54) is 12.1 Å². The average molecular weight is 242 g/mol. The number of nitrogens with zero attached hydrogens (tertiary/aromatic N) is 3. The third-order valence-corrected chi connectivity index (χ3v) is 1.71. The van der Waals surface area contributed by atoms with Crippen molar-refractivity contribution in [3.8, 4) is 6.07 Å². The van der Waals surface area contributed by atoms with Crippen LogP contribution in [0.2, 0.25) is 0 Å². The van der Waals surface area contributed by atoms with Crippen LogP contribution in [0, 0.1) is 21.4 Å². The van der Waals surface area contributed by atoms with Gasteiger partial charge in [-0.1, -0.05) is 0 Å². The zero-order chi connectivity index (χ0) is 9.84. The average Bonchev–Trinajstić information content (AvgIpc) is 2.03. The molecule has 0 radical (unpaired) electrons. The molecule has 1 heterocycles. The van der Waals surface area contributed by atoms with E-state index >= 15 is 0 Å². The first-order chi connectivity index (χ1) is 6.13. The summed E-state index contributed by atoms with van der Waals surface area (Å²) in [4.78, 5) is 13.8. The molecule has 0 bridgehead atoms. The number of aromatic nitrogens is 1. The van der Waals surface area contributed by atoms with Crippen LogP contribution >= 0.6 is 15.9 Å². The number of hydrogen-bond acceptors (Lipinski definition) is 4. The van der Waals surface area contributed by atoms with Gasteiger partial charge in [0.15, 0.2) is 0 Å². The number of rotatable bonds is 2. The molecule has 0 aromatic carbocycles. The van der Waals surface area contributed by atoms with Crippen molar-refractivity contribution in [3.63, 3.8) is 0 Å². The predicted molar refractivity (Wildman–Crippen MR) is 47.9 cm³/mol. The van der Waals surface area contributed by atoms with Crippen LogP contribution in [0.15, 0.2) is 16.7 Å². The predicted octanol–water partition coefficient (Wildman–Crippen LogP) is 1.82. The van der Waals surface area contributed by atoms with E-state index in [1.54, 1.807) is 0 Å². The van der Waals surface area contributed by atoms with Crippen LogP contribution in [0.4, 0.5) is 5.69 Å². The third kappa shape index (κ3) is 2.49. The van der Waals surface area contributed by atoms with Gasteiger partial charge in [0.25, 0.3) is 5.69 Å².